The van der Waals surface area contributed by atoms with Gasteiger partial charge in [-0.05, 0) is 31.9 Å². The van der Waals surface area contributed by atoms with E-state index in [-0.39, 0.29) is 24.2 Å². The molecular formula is C15H22N2O2S. The molecule has 0 radical (unpaired) electrons. The number of benzene rings is 1. The van der Waals surface area contributed by atoms with Crippen LogP contribution in [0.15, 0.2) is 24.3 Å². The fraction of sp³-hybridized carbons (Fsp3) is 0.533. The zero-order valence-electron chi connectivity index (χ0n) is 12.4. The Morgan fingerprint density at radius 3 is 2.65 bits per heavy atom. The number of hydrogen-bond acceptors (Lipinski definition) is 3. The van der Waals surface area contributed by atoms with E-state index in [1.165, 1.54) is 0 Å². The molecule has 0 saturated carbocycles. The summed E-state index contributed by atoms with van der Waals surface area (Å²) in [6, 6.07) is 7.82. The van der Waals surface area contributed by atoms with E-state index in [9.17, 15) is 9.00 Å². The Kier molecular flexibility index (Phi) is 4.60. The van der Waals surface area contributed by atoms with E-state index in [2.05, 4.69) is 5.32 Å². The van der Waals surface area contributed by atoms with Crippen LogP contribution in [-0.4, -0.2) is 39.1 Å². The van der Waals surface area contributed by atoms with Gasteiger partial charge in [0.05, 0.1) is 6.04 Å². The highest BCUT2D eigenvalue weighted by Gasteiger charge is 2.40. The van der Waals surface area contributed by atoms with E-state index in [4.69, 9.17) is 0 Å². The van der Waals surface area contributed by atoms with Crippen LogP contribution in [0.4, 0.5) is 0 Å². The first-order valence-electron chi connectivity index (χ1n) is 6.85. The molecule has 1 aromatic carbocycles. The van der Waals surface area contributed by atoms with E-state index >= 15 is 0 Å². The predicted octanol–water partition coefficient (Wildman–Crippen LogP) is 1.58. The van der Waals surface area contributed by atoms with E-state index in [0.717, 1.165) is 11.1 Å². The molecule has 2 rings (SSSR count). The maximum absolute atomic E-state index is 12.4. The molecule has 0 spiro atoms. The van der Waals surface area contributed by atoms with Crippen LogP contribution in [0.1, 0.15) is 31.1 Å². The SMILES string of the molecule is Cc1ccccc1C1NC(C)C(=O)N1C(C)CS(C)=O. The Labute approximate surface area is 123 Å². The highest BCUT2D eigenvalue weighted by molar-refractivity contribution is 7.84. The minimum atomic E-state index is -0.916. The van der Waals surface area contributed by atoms with E-state index < -0.39 is 10.8 Å². The van der Waals surface area contributed by atoms with Crippen LogP contribution < -0.4 is 5.32 Å². The second-order valence-electron chi connectivity index (χ2n) is 5.48. The first-order chi connectivity index (χ1) is 9.41. The molecule has 1 saturated heterocycles. The fourth-order valence-electron chi connectivity index (χ4n) is 2.76. The Morgan fingerprint density at radius 1 is 1.40 bits per heavy atom. The monoisotopic (exact) mass is 294 g/mol. The van der Waals surface area contributed by atoms with Gasteiger partial charge >= 0.3 is 0 Å². The number of hydrogen-bond donors (Lipinski definition) is 1. The number of nitrogens with one attached hydrogen (secondary N) is 1. The average molecular weight is 294 g/mol. The van der Waals surface area contributed by atoms with Crippen molar-refractivity contribution in [3.8, 4) is 0 Å². The minimum absolute atomic E-state index is 0.0459. The Morgan fingerprint density at radius 2 is 2.05 bits per heavy atom. The number of amides is 1. The van der Waals surface area contributed by atoms with Gasteiger partial charge in [0.25, 0.3) is 0 Å². The molecule has 0 aromatic heterocycles. The Hall–Kier alpha value is -1.20. The third-order valence-electron chi connectivity index (χ3n) is 3.74. The summed E-state index contributed by atoms with van der Waals surface area (Å²) in [5, 5.41) is 3.34. The lowest BCUT2D eigenvalue weighted by Gasteiger charge is -2.31. The Bertz CT molecular complexity index is 532. The van der Waals surface area contributed by atoms with Crippen molar-refractivity contribution >= 4 is 16.7 Å². The molecule has 5 heteroatoms. The van der Waals surface area contributed by atoms with Crippen molar-refractivity contribution in [1.29, 1.82) is 0 Å². The van der Waals surface area contributed by atoms with Crippen molar-refractivity contribution in [1.82, 2.24) is 10.2 Å². The molecule has 1 N–H and O–H groups in total. The molecule has 1 aliphatic heterocycles. The summed E-state index contributed by atoms with van der Waals surface area (Å²) in [4.78, 5) is 14.2. The summed E-state index contributed by atoms with van der Waals surface area (Å²) in [6.07, 6.45) is 1.55. The van der Waals surface area contributed by atoms with E-state index in [0.29, 0.717) is 5.75 Å². The second kappa shape index (κ2) is 6.06. The van der Waals surface area contributed by atoms with Crippen LogP contribution in [0, 0.1) is 6.92 Å². The van der Waals surface area contributed by atoms with Crippen molar-refractivity contribution in [2.24, 2.45) is 0 Å². The summed E-state index contributed by atoms with van der Waals surface area (Å²) >= 11 is 0. The van der Waals surface area contributed by atoms with Crippen LogP contribution >= 0.6 is 0 Å². The molecular weight excluding hydrogens is 272 g/mol. The normalized spacial score (nSPS) is 25.8. The van der Waals surface area contributed by atoms with Crippen molar-refractivity contribution in [3.05, 3.63) is 35.4 Å². The van der Waals surface area contributed by atoms with Gasteiger partial charge in [0.1, 0.15) is 6.17 Å². The zero-order valence-corrected chi connectivity index (χ0v) is 13.2. The van der Waals surface area contributed by atoms with Crippen molar-refractivity contribution < 1.29 is 9.00 Å². The summed E-state index contributed by atoms with van der Waals surface area (Å²) in [6.45, 7) is 5.89. The highest BCUT2D eigenvalue weighted by atomic mass is 32.2. The molecule has 4 atom stereocenters. The smallest absolute Gasteiger partial charge is 0.241 e. The van der Waals surface area contributed by atoms with Crippen LogP contribution in [0.2, 0.25) is 0 Å². The number of nitrogens with zero attached hydrogens (tertiary/aromatic N) is 1. The van der Waals surface area contributed by atoms with Gasteiger partial charge in [-0.1, -0.05) is 24.3 Å². The zero-order chi connectivity index (χ0) is 14.9. The minimum Gasteiger partial charge on any atom is -0.318 e. The lowest BCUT2D eigenvalue weighted by atomic mass is 10.1. The number of aryl methyl sites for hydroxylation is 1. The van der Waals surface area contributed by atoms with Crippen molar-refractivity contribution in [2.75, 3.05) is 12.0 Å². The number of carbonyl (C=O) groups is 1. The van der Waals surface area contributed by atoms with Gasteiger partial charge in [-0.15, -0.1) is 0 Å². The highest BCUT2D eigenvalue weighted by Crippen LogP contribution is 2.29. The number of carbonyl (C=O) groups excluding carboxylic acids is 1. The fourth-order valence-corrected chi connectivity index (χ4v) is 3.60. The largest absolute Gasteiger partial charge is 0.318 e. The maximum Gasteiger partial charge on any atom is 0.241 e. The van der Waals surface area contributed by atoms with Gasteiger partial charge in [-0.3, -0.25) is 14.3 Å². The third-order valence-corrected chi connectivity index (χ3v) is 4.70. The number of rotatable bonds is 4. The lowest BCUT2D eigenvalue weighted by molar-refractivity contribution is -0.131. The van der Waals surface area contributed by atoms with Crippen molar-refractivity contribution in [2.45, 2.75) is 39.0 Å². The maximum atomic E-state index is 12.4. The molecule has 4 unspecified atom stereocenters. The summed E-state index contributed by atoms with van der Waals surface area (Å²) in [7, 11) is -0.916. The molecule has 1 heterocycles. The molecule has 4 nitrogen and oxygen atoms in total. The van der Waals surface area contributed by atoms with Crippen molar-refractivity contribution in [3.63, 3.8) is 0 Å². The molecule has 0 bridgehead atoms. The van der Waals surface area contributed by atoms with Gasteiger partial charge in [0.15, 0.2) is 0 Å². The summed E-state index contributed by atoms with van der Waals surface area (Å²) in [5.74, 6) is 0.582. The van der Waals surface area contributed by atoms with Gasteiger partial charge in [-0.2, -0.15) is 0 Å². The van der Waals surface area contributed by atoms with Gasteiger partial charge in [0, 0.05) is 28.9 Å². The van der Waals surface area contributed by atoms with Gasteiger partial charge < -0.3 is 4.90 Å². The van der Waals surface area contributed by atoms with Crippen LogP contribution in [0.5, 0.6) is 0 Å². The quantitative estimate of drug-likeness (QED) is 0.917. The van der Waals surface area contributed by atoms with E-state index in [1.807, 2.05) is 49.9 Å². The molecule has 1 fully saturated rings. The first kappa shape index (κ1) is 15.2. The third kappa shape index (κ3) is 2.94. The van der Waals surface area contributed by atoms with Gasteiger partial charge in [0.2, 0.25) is 5.91 Å². The van der Waals surface area contributed by atoms with Crippen LogP contribution in [0.3, 0.4) is 0 Å². The summed E-state index contributed by atoms with van der Waals surface area (Å²) < 4.78 is 11.5. The average Bonchev–Trinajstić information content (AvgIpc) is 2.65. The predicted molar refractivity (Wildman–Crippen MR) is 81.8 cm³/mol. The standard InChI is InChI=1S/C15H22N2O2S/c1-10-7-5-6-8-13(10)14-16-12(3)15(18)17(14)11(2)9-20(4)19/h5-8,11-12,14,16H,9H2,1-4H3. The molecule has 0 aliphatic carbocycles. The van der Waals surface area contributed by atoms with E-state index in [1.54, 1.807) is 6.26 Å². The van der Waals surface area contributed by atoms with Gasteiger partial charge in [-0.25, -0.2) is 0 Å². The molecule has 20 heavy (non-hydrogen) atoms. The molecule has 110 valence electrons. The molecule has 1 amide bonds. The molecule has 1 aliphatic rings. The molecule has 1 aromatic rings. The Balaban J connectivity index is 2.33. The lowest BCUT2D eigenvalue weighted by Crippen LogP contribution is -2.41. The first-order valence-corrected chi connectivity index (χ1v) is 8.58. The second-order valence-corrected chi connectivity index (χ2v) is 6.96. The summed E-state index contributed by atoms with van der Waals surface area (Å²) in [5.41, 5.74) is 2.26. The van der Waals surface area contributed by atoms with Crippen LogP contribution in [-0.2, 0) is 15.6 Å². The topological polar surface area (TPSA) is 49.4 Å². The van der Waals surface area contributed by atoms with Crippen LogP contribution in [0.25, 0.3) is 0 Å².